The lowest BCUT2D eigenvalue weighted by molar-refractivity contribution is 0.621. The Bertz CT molecular complexity index is 536. The van der Waals surface area contributed by atoms with Crippen molar-refractivity contribution >= 4 is 33.0 Å². The fourth-order valence-corrected chi connectivity index (χ4v) is 2.99. The average molecular weight is 314 g/mol. The van der Waals surface area contributed by atoms with Crippen molar-refractivity contribution in [3.8, 4) is 0 Å². The van der Waals surface area contributed by atoms with Gasteiger partial charge >= 0.3 is 0 Å². The van der Waals surface area contributed by atoms with Crippen LogP contribution in [0.2, 0.25) is 0 Å². The van der Waals surface area contributed by atoms with E-state index in [4.69, 9.17) is 0 Å². The number of thiophene rings is 1. The summed E-state index contributed by atoms with van der Waals surface area (Å²) in [6.07, 6.45) is 0. The third-order valence-electron chi connectivity index (χ3n) is 2.55. The minimum atomic E-state index is -0.238. The van der Waals surface area contributed by atoms with Gasteiger partial charge in [0.25, 0.3) is 0 Å². The number of hydrogen-bond acceptors (Lipinski definition) is 2. The monoisotopic (exact) mass is 313 g/mol. The van der Waals surface area contributed by atoms with E-state index in [9.17, 15) is 4.39 Å². The first-order chi connectivity index (χ1) is 8.06. The molecule has 0 radical (unpaired) electrons. The van der Waals surface area contributed by atoms with Crippen LogP contribution >= 0.6 is 27.3 Å². The number of benzene rings is 1. The van der Waals surface area contributed by atoms with Gasteiger partial charge in [0, 0.05) is 22.0 Å². The zero-order valence-corrected chi connectivity index (χ0v) is 12.1. The number of anilines is 1. The summed E-state index contributed by atoms with van der Waals surface area (Å²) in [5, 5.41) is 3.29. The zero-order valence-electron chi connectivity index (χ0n) is 9.68. The maximum atomic E-state index is 13.1. The summed E-state index contributed by atoms with van der Waals surface area (Å²) >= 11 is 4.98. The molecule has 0 amide bonds. The van der Waals surface area contributed by atoms with Crippen molar-refractivity contribution in [1.29, 1.82) is 0 Å². The fraction of sp³-hybridized carbons (Fsp3) is 0.231. The molecular formula is C13H13BrFNS. The molecule has 1 aromatic heterocycles. The van der Waals surface area contributed by atoms with Crippen LogP contribution in [0.3, 0.4) is 0 Å². The molecule has 0 saturated heterocycles. The van der Waals surface area contributed by atoms with Gasteiger partial charge in [-0.3, -0.25) is 0 Å². The Morgan fingerprint density at radius 3 is 2.65 bits per heavy atom. The van der Waals surface area contributed by atoms with Crippen molar-refractivity contribution in [2.45, 2.75) is 20.4 Å². The van der Waals surface area contributed by atoms with Gasteiger partial charge in [0.2, 0.25) is 0 Å². The molecule has 0 atom stereocenters. The summed E-state index contributed by atoms with van der Waals surface area (Å²) in [6, 6.07) is 7.14. The molecule has 1 N–H and O–H groups in total. The smallest absolute Gasteiger partial charge is 0.137 e. The second-order valence-corrected chi connectivity index (χ2v) is 6.24. The van der Waals surface area contributed by atoms with Crippen LogP contribution < -0.4 is 5.32 Å². The lowest BCUT2D eigenvalue weighted by Gasteiger charge is -2.06. The van der Waals surface area contributed by atoms with Gasteiger partial charge in [-0.05, 0) is 59.6 Å². The van der Waals surface area contributed by atoms with E-state index in [1.807, 2.05) is 0 Å². The van der Waals surface area contributed by atoms with Gasteiger partial charge in [-0.25, -0.2) is 4.39 Å². The van der Waals surface area contributed by atoms with Crippen molar-refractivity contribution in [1.82, 2.24) is 0 Å². The molecule has 0 spiro atoms. The van der Waals surface area contributed by atoms with Crippen molar-refractivity contribution in [3.63, 3.8) is 0 Å². The highest BCUT2D eigenvalue weighted by molar-refractivity contribution is 9.10. The first-order valence-electron chi connectivity index (χ1n) is 5.31. The molecule has 0 bridgehead atoms. The number of aryl methyl sites for hydroxylation is 2. The van der Waals surface area contributed by atoms with Crippen molar-refractivity contribution in [3.05, 3.63) is 49.9 Å². The van der Waals surface area contributed by atoms with Crippen LogP contribution in [0.5, 0.6) is 0 Å². The van der Waals surface area contributed by atoms with Gasteiger partial charge in [0.05, 0.1) is 4.47 Å². The first kappa shape index (κ1) is 12.6. The van der Waals surface area contributed by atoms with Crippen molar-refractivity contribution in [2.24, 2.45) is 0 Å². The van der Waals surface area contributed by atoms with E-state index in [2.05, 4.69) is 41.2 Å². The molecule has 2 rings (SSSR count). The first-order valence-corrected chi connectivity index (χ1v) is 6.92. The summed E-state index contributed by atoms with van der Waals surface area (Å²) in [5.74, 6) is -0.238. The van der Waals surface area contributed by atoms with Crippen LogP contribution in [0.4, 0.5) is 10.1 Å². The molecule has 0 aliphatic heterocycles. The molecule has 1 aromatic carbocycles. The number of halogens is 2. The third kappa shape index (κ3) is 3.07. The molecule has 0 aliphatic rings. The Morgan fingerprint density at radius 2 is 2.06 bits per heavy atom. The third-order valence-corrected chi connectivity index (χ3v) is 4.16. The average Bonchev–Trinajstić information content (AvgIpc) is 2.59. The molecule has 0 aliphatic carbocycles. The summed E-state index contributed by atoms with van der Waals surface area (Å²) in [7, 11) is 0. The fourth-order valence-electron chi connectivity index (χ4n) is 1.66. The Labute approximate surface area is 113 Å². The lowest BCUT2D eigenvalue weighted by atomic mass is 10.2. The maximum absolute atomic E-state index is 13.1. The number of nitrogens with one attached hydrogen (secondary N) is 1. The minimum Gasteiger partial charge on any atom is -0.381 e. The van der Waals surface area contributed by atoms with Crippen LogP contribution in [0.15, 0.2) is 28.7 Å². The quantitative estimate of drug-likeness (QED) is 0.851. The van der Waals surface area contributed by atoms with Crippen molar-refractivity contribution < 1.29 is 4.39 Å². The van der Waals surface area contributed by atoms with E-state index in [0.29, 0.717) is 4.47 Å². The Morgan fingerprint density at radius 1 is 1.29 bits per heavy atom. The van der Waals surface area contributed by atoms with Crippen molar-refractivity contribution in [2.75, 3.05) is 5.32 Å². The molecule has 0 saturated carbocycles. The topological polar surface area (TPSA) is 12.0 Å². The summed E-state index contributed by atoms with van der Waals surface area (Å²) in [6.45, 7) is 5.00. The van der Waals surface area contributed by atoms with E-state index < -0.39 is 0 Å². The highest BCUT2D eigenvalue weighted by atomic mass is 79.9. The molecular weight excluding hydrogens is 301 g/mol. The predicted octanol–water partition coefficient (Wildman–Crippen LogP) is 4.88. The predicted molar refractivity (Wildman–Crippen MR) is 75.2 cm³/mol. The molecule has 4 heteroatoms. The van der Waals surface area contributed by atoms with Gasteiger partial charge in [0.1, 0.15) is 5.82 Å². The Hall–Kier alpha value is -0.870. The molecule has 0 fully saturated rings. The molecule has 1 nitrogen and oxygen atoms in total. The second kappa shape index (κ2) is 5.19. The lowest BCUT2D eigenvalue weighted by Crippen LogP contribution is -1.99. The van der Waals surface area contributed by atoms with Gasteiger partial charge in [-0.15, -0.1) is 11.3 Å². The van der Waals surface area contributed by atoms with Gasteiger partial charge < -0.3 is 5.32 Å². The highest BCUT2D eigenvalue weighted by Gasteiger charge is 2.04. The van der Waals surface area contributed by atoms with Gasteiger partial charge in [-0.1, -0.05) is 0 Å². The Kier molecular flexibility index (Phi) is 3.84. The van der Waals surface area contributed by atoms with E-state index >= 15 is 0 Å². The summed E-state index contributed by atoms with van der Waals surface area (Å²) in [5.41, 5.74) is 2.22. The van der Waals surface area contributed by atoms with Gasteiger partial charge in [-0.2, -0.15) is 0 Å². The van der Waals surface area contributed by atoms with Crippen LogP contribution in [-0.2, 0) is 6.54 Å². The van der Waals surface area contributed by atoms with E-state index in [-0.39, 0.29) is 5.82 Å². The van der Waals surface area contributed by atoms with E-state index in [1.54, 1.807) is 23.5 Å². The normalized spacial score (nSPS) is 10.6. The largest absolute Gasteiger partial charge is 0.381 e. The number of rotatable bonds is 3. The Balaban J connectivity index is 2.07. The molecule has 1 heterocycles. The standard InChI is InChI=1S/C13H13BrFNS/c1-8-5-10(9(2)17-8)7-16-11-3-4-13(15)12(14)6-11/h3-6,16H,7H2,1-2H3. The molecule has 2 aromatic rings. The maximum Gasteiger partial charge on any atom is 0.137 e. The SMILES string of the molecule is Cc1cc(CNc2ccc(F)c(Br)c2)c(C)s1. The van der Waals surface area contributed by atoms with E-state index in [1.165, 1.54) is 21.4 Å². The van der Waals surface area contributed by atoms with Crippen LogP contribution in [0, 0.1) is 19.7 Å². The van der Waals surface area contributed by atoms with Crippen LogP contribution in [-0.4, -0.2) is 0 Å². The summed E-state index contributed by atoms with van der Waals surface area (Å²) in [4.78, 5) is 2.65. The summed E-state index contributed by atoms with van der Waals surface area (Å²) < 4.78 is 13.5. The minimum absolute atomic E-state index is 0.238. The number of hydrogen-bond donors (Lipinski definition) is 1. The highest BCUT2D eigenvalue weighted by Crippen LogP contribution is 2.23. The zero-order chi connectivity index (χ0) is 12.4. The molecule has 0 unspecified atom stereocenters. The van der Waals surface area contributed by atoms with Crippen LogP contribution in [0.25, 0.3) is 0 Å². The van der Waals surface area contributed by atoms with Crippen LogP contribution in [0.1, 0.15) is 15.3 Å². The molecule has 90 valence electrons. The van der Waals surface area contributed by atoms with E-state index in [0.717, 1.165) is 12.2 Å². The van der Waals surface area contributed by atoms with Gasteiger partial charge in [0.15, 0.2) is 0 Å². The second-order valence-electron chi connectivity index (χ2n) is 3.92. The molecule has 17 heavy (non-hydrogen) atoms.